The molecule has 0 N–H and O–H groups in total. The molecule has 132 valence electrons. The zero-order valence-electron chi connectivity index (χ0n) is 14.5. The lowest BCUT2D eigenvalue weighted by Gasteiger charge is -1.98. The third-order valence-electron chi connectivity index (χ3n) is 4.96. The Balaban J connectivity index is 1.52. The van der Waals surface area contributed by atoms with Crippen molar-refractivity contribution >= 4 is 44.3 Å². The fourth-order valence-corrected chi connectivity index (χ4v) is 3.61. The molecule has 0 aliphatic rings. The molecule has 0 aliphatic heterocycles. The second-order valence-corrected chi connectivity index (χ2v) is 6.62. The molecular weight excluding hydrogens is 352 g/mol. The van der Waals surface area contributed by atoms with Gasteiger partial charge in [-0.1, -0.05) is 42.5 Å². The van der Waals surface area contributed by atoms with Crippen LogP contribution in [0.15, 0.2) is 77.3 Å². The van der Waals surface area contributed by atoms with Crippen LogP contribution < -0.4 is 0 Å². The first-order valence-electron chi connectivity index (χ1n) is 8.84. The Labute approximate surface area is 158 Å². The number of ketones is 1. The summed E-state index contributed by atoms with van der Waals surface area (Å²) < 4.78 is 7.60. The van der Waals surface area contributed by atoms with Crippen LogP contribution in [0.2, 0.25) is 0 Å². The molecule has 0 bridgehead atoms. The SMILES string of the molecule is O=C(c1cn2c(nn1)nc1ccccc12)c1cc2c(ccc3ccccc32)o1. The molecule has 0 saturated heterocycles. The maximum Gasteiger partial charge on any atom is 0.254 e. The first-order chi connectivity index (χ1) is 13.8. The number of carbonyl (C=O) groups is 1. The quantitative estimate of drug-likeness (QED) is 0.426. The smallest absolute Gasteiger partial charge is 0.254 e. The first kappa shape index (κ1) is 15.0. The minimum atomic E-state index is -0.313. The van der Waals surface area contributed by atoms with E-state index >= 15 is 0 Å². The molecule has 0 radical (unpaired) electrons. The third kappa shape index (κ3) is 2.08. The van der Waals surface area contributed by atoms with Gasteiger partial charge in [-0.05, 0) is 35.0 Å². The molecule has 0 saturated carbocycles. The molecule has 6 rings (SSSR count). The summed E-state index contributed by atoms with van der Waals surface area (Å²) in [5, 5.41) is 11.2. The number of fused-ring (bicyclic) bond motifs is 6. The molecule has 6 nitrogen and oxygen atoms in total. The highest BCUT2D eigenvalue weighted by molar-refractivity contribution is 6.12. The molecule has 0 spiro atoms. The average Bonchev–Trinajstić information content (AvgIpc) is 3.34. The maximum atomic E-state index is 13.0. The molecule has 3 aromatic carbocycles. The number of hydrogen-bond donors (Lipinski definition) is 0. The van der Waals surface area contributed by atoms with Crippen molar-refractivity contribution < 1.29 is 9.21 Å². The second-order valence-electron chi connectivity index (χ2n) is 6.62. The lowest BCUT2D eigenvalue weighted by Crippen LogP contribution is -2.07. The number of hydrogen-bond acceptors (Lipinski definition) is 5. The fraction of sp³-hybridized carbons (Fsp3) is 0. The largest absolute Gasteiger partial charge is 0.452 e. The van der Waals surface area contributed by atoms with Crippen molar-refractivity contribution in [1.29, 1.82) is 0 Å². The first-order valence-corrected chi connectivity index (χ1v) is 8.84. The third-order valence-corrected chi connectivity index (χ3v) is 4.96. The Hall–Kier alpha value is -4.06. The Morgan fingerprint density at radius 3 is 2.71 bits per heavy atom. The summed E-state index contributed by atoms with van der Waals surface area (Å²) >= 11 is 0. The Morgan fingerprint density at radius 2 is 1.75 bits per heavy atom. The lowest BCUT2D eigenvalue weighted by molar-refractivity contribution is 0.100. The molecule has 6 aromatic rings. The summed E-state index contributed by atoms with van der Waals surface area (Å²) in [7, 11) is 0. The Kier molecular flexibility index (Phi) is 2.94. The Morgan fingerprint density at radius 1 is 0.893 bits per heavy atom. The number of para-hydroxylation sites is 2. The van der Waals surface area contributed by atoms with Gasteiger partial charge in [0.25, 0.3) is 5.78 Å². The monoisotopic (exact) mass is 364 g/mol. The fourth-order valence-electron chi connectivity index (χ4n) is 3.61. The maximum absolute atomic E-state index is 13.0. The van der Waals surface area contributed by atoms with E-state index in [9.17, 15) is 4.79 Å². The van der Waals surface area contributed by atoms with E-state index < -0.39 is 0 Å². The van der Waals surface area contributed by atoms with Crippen LogP contribution in [0, 0.1) is 0 Å². The lowest BCUT2D eigenvalue weighted by atomic mass is 10.1. The van der Waals surface area contributed by atoms with Crippen molar-refractivity contribution in [2.24, 2.45) is 0 Å². The highest BCUT2D eigenvalue weighted by atomic mass is 16.3. The number of carbonyl (C=O) groups excluding carboxylic acids is 1. The van der Waals surface area contributed by atoms with Gasteiger partial charge in [-0.25, -0.2) is 4.98 Å². The van der Waals surface area contributed by atoms with E-state index in [0.29, 0.717) is 11.4 Å². The molecule has 0 fully saturated rings. The topological polar surface area (TPSA) is 73.3 Å². The molecule has 0 unspecified atom stereocenters. The van der Waals surface area contributed by atoms with Gasteiger partial charge < -0.3 is 4.42 Å². The van der Waals surface area contributed by atoms with Crippen LogP contribution in [0.5, 0.6) is 0 Å². The zero-order valence-corrected chi connectivity index (χ0v) is 14.5. The summed E-state index contributed by atoms with van der Waals surface area (Å²) in [6, 6.07) is 21.3. The van der Waals surface area contributed by atoms with Crippen LogP contribution in [-0.4, -0.2) is 25.4 Å². The zero-order chi connectivity index (χ0) is 18.7. The number of benzene rings is 3. The van der Waals surface area contributed by atoms with Gasteiger partial charge in [-0.3, -0.25) is 9.20 Å². The molecule has 3 heterocycles. The van der Waals surface area contributed by atoms with Crippen LogP contribution in [-0.2, 0) is 0 Å². The van der Waals surface area contributed by atoms with Crippen LogP contribution in [0.3, 0.4) is 0 Å². The standard InChI is InChI=1S/C22H12N4O2/c27-21(17-12-26-18-8-4-3-7-16(18)23-22(26)25-24-17)20-11-15-14-6-2-1-5-13(14)9-10-19(15)28-20/h1-12H. The molecule has 3 aromatic heterocycles. The number of furan rings is 1. The van der Waals surface area contributed by atoms with Gasteiger partial charge in [0, 0.05) is 11.6 Å². The summed E-state index contributed by atoms with van der Waals surface area (Å²) in [4.78, 5) is 17.4. The van der Waals surface area contributed by atoms with Crippen molar-refractivity contribution in [2.45, 2.75) is 0 Å². The van der Waals surface area contributed by atoms with E-state index in [1.165, 1.54) is 0 Å². The van der Waals surface area contributed by atoms with E-state index in [2.05, 4.69) is 15.2 Å². The highest BCUT2D eigenvalue weighted by Crippen LogP contribution is 2.29. The van der Waals surface area contributed by atoms with Gasteiger partial charge in [0.2, 0.25) is 5.78 Å². The molecule has 6 heteroatoms. The van der Waals surface area contributed by atoms with Crippen molar-refractivity contribution in [2.75, 3.05) is 0 Å². The number of rotatable bonds is 2. The predicted octanol–water partition coefficient (Wildman–Crippen LogP) is 4.41. The number of imidazole rings is 1. The molecule has 0 amide bonds. The van der Waals surface area contributed by atoms with Crippen molar-refractivity contribution in [1.82, 2.24) is 19.6 Å². The van der Waals surface area contributed by atoms with Gasteiger partial charge in [-0.15, -0.1) is 10.2 Å². The van der Waals surface area contributed by atoms with Crippen molar-refractivity contribution in [3.8, 4) is 0 Å². The molecule has 0 atom stereocenters. The summed E-state index contributed by atoms with van der Waals surface area (Å²) in [6.45, 7) is 0. The van der Waals surface area contributed by atoms with E-state index in [4.69, 9.17) is 4.42 Å². The number of nitrogens with zero attached hydrogens (tertiary/aromatic N) is 4. The van der Waals surface area contributed by atoms with Crippen LogP contribution in [0.1, 0.15) is 16.2 Å². The van der Waals surface area contributed by atoms with E-state index in [1.54, 1.807) is 16.7 Å². The van der Waals surface area contributed by atoms with Crippen LogP contribution in [0.25, 0.3) is 38.6 Å². The molecule has 28 heavy (non-hydrogen) atoms. The predicted molar refractivity (Wildman–Crippen MR) is 105 cm³/mol. The van der Waals surface area contributed by atoms with Gasteiger partial charge >= 0.3 is 0 Å². The van der Waals surface area contributed by atoms with E-state index in [-0.39, 0.29) is 17.2 Å². The van der Waals surface area contributed by atoms with Crippen LogP contribution in [0.4, 0.5) is 0 Å². The van der Waals surface area contributed by atoms with Crippen molar-refractivity contribution in [3.63, 3.8) is 0 Å². The molecule has 0 aliphatic carbocycles. The highest BCUT2D eigenvalue weighted by Gasteiger charge is 2.19. The summed E-state index contributed by atoms with van der Waals surface area (Å²) in [5.74, 6) is 0.380. The minimum Gasteiger partial charge on any atom is -0.452 e. The van der Waals surface area contributed by atoms with Crippen LogP contribution >= 0.6 is 0 Å². The summed E-state index contributed by atoms with van der Waals surface area (Å²) in [6.07, 6.45) is 1.66. The van der Waals surface area contributed by atoms with Gasteiger partial charge in [0.1, 0.15) is 5.58 Å². The second kappa shape index (κ2) is 5.47. The van der Waals surface area contributed by atoms with E-state index in [1.807, 2.05) is 60.7 Å². The van der Waals surface area contributed by atoms with Gasteiger partial charge in [0.05, 0.1) is 11.0 Å². The van der Waals surface area contributed by atoms with Gasteiger partial charge in [-0.2, -0.15) is 0 Å². The van der Waals surface area contributed by atoms with Crippen molar-refractivity contribution in [3.05, 3.63) is 84.4 Å². The molecular formula is C22H12N4O2. The summed E-state index contributed by atoms with van der Waals surface area (Å²) in [5.41, 5.74) is 2.55. The Bertz CT molecular complexity index is 1530. The average molecular weight is 364 g/mol. The van der Waals surface area contributed by atoms with E-state index in [0.717, 1.165) is 27.2 Å². The minimum absolute atomic E-state index is 0.207. The number of aromatic nitrogens is 4. The van der Waals surface area contributed by atoms with Gasteiger partial charge in [0.15, 0.2) is 11.5 Å². The normalized spacial score (nSPS) is 11.7.